The number of nitrogens with zero attached hydrogens (tertiary/aromatic N) is 1. The standard InChI is InChI=1S/C13H15NO3S.C3H8.C2H6/c1-9-12(10(2)15)8-11-6-4-5-7-13(11)14(9)18(3,16)17;1-3-2;1-2/h4-9H,1-3H3;3H2,1-2H3;1-2H3/t9-;;/m1../s1. The number of hydrogen-bond donors (Lipinski definition) is 0. The van der Waals surface area contributed by atoms with E-state index in [1.54, 1.807) is 25.1 Å². The summed E-state index contributed by atoms with van der Waals surface area (Å²) in [6.45, 7) is 11.4. The van der Waals surface area contributed by atoms with Crippen molar-refractivity contribution in [2.45, 2.75) is 54.0 Å². The molecule has 0 spiro atoms. The highest BCUT2D eigenvalue weighted by Crippen LogP contribution is 2.34. The van der Waals surface area contributed by atoms with Crippen molar-refractivity contribution < 1.29 is 13.2 Å². The van der Waals surface area contributed by atoms with Crippen molar-refractivity contribution in [2.75, 3.05) is 10.6 Å². The van der Waals surface area contributed by atoms with Gasteiger partial charge in [-0.2, -0.15) is 0 Å². The number of fused-ring (bicyclic) bond motifs is 1. The molecule has 1 aliphatic heterocycles. The Hall–Kier alpha value is -1.62. The number of Topliss-reactive ketones (excluding diaryl/α,β-unsaturated/α-hetero) is 1. The van der Waals surface area contributed by atoms with E-state index in [0.717, 1.165) is 11.8 Å². The smallest absolute Gasteiger partial charge is 0.232 e. The lowest BCUT2D eigenvalue weighted by Gasteiger charge is -2.34. The van der Waals surface area contributed by atoms with Crippen LogP contribution in [0.3, 0.4) is 0 Å². The summed E-state index contributed by atoms with van der Waals surface area (Å²) in [7, 11) is -3.41. The molecule has 0 fully saturated rings. The number of rotatable bonds is 2. The number of benzene rings is 1. The van der Waals surface area contributed by atoms with Gasteiger partial charge in [-0.3, -0.25) is 9.10 Å². The number of carbonyl (C=O) groups is 1. The minimum absolute atomic E-state index is 0.106. The quantitative estimate of drug-likeness (QED) is 0.808. The van der Waals surface area contributed by atoms with Crippen molar-refractivity contribution in [1.29, 1.82) is 0 Å². The Balaban J connectivity index is 0.000000868. The van der Waals surface area contributed by atoms with Crippen molar-refractivity contribution in [3.05, 3.63) is 35.4 Å². The van der Waals surface area contributed by atoms with Crippen LogP contribution in [0.5, 0.6) is 0 Å². The van der Waals surface area contributed by atoms with Gasteiger partial charge in [0.2, 0.25) is 10.0 Å². The lowest BCUT2D eigenvalue weighted by atomic mass is 9.96. The van der Waals surface area contributed by atoms with Crippen molar-refractivity contribution in [2.24, 2.45) is 0 Å². The van der Waals surface area contributed by atoms with Crippen LogP contribution in [-0.4, -0.2) is 26.5 Å². The van der Waals surface area contributed by atoms with E-state index in [1.165, 1.54) is 17.6 Å². The van der Waals surface area contributed by atoms with Crippen molar-refractivity contribution >= 4 is 27.6 Å². The Kier molecular flexibility index (Phi) is 8.83. The molecule has 0 aliphatic carbocycles. The van der Waals surface area contributed by atoms with E-state index in [1.807, 2.05) is 26.0 Å². The summed E-state index contributed by atoms with van der Waals surface area (Å²) in [5, 5.41) is 0. The summed E-state index contributed by atoms with van der Waals surface area (Å²) in [5.41, 5.74) is 1.89. The largest absolute Gasteiger partial charge is 0.295 e. The molecule has 0 saturated carbocycles. The molecule has 1 heterocycles. The highest BCUT2D eigenvalue weighted by atomic mass is 32.2. The molecule has 0 aromatic heterocycles. The van der Waals surface area contributed by atoms with Gasteiger partial charge in [0, 0.05) is 5.57 Å². The first kappa shape index (κ1) is 21.4. The first-order valence-electron chi connectivity index (χ1n) is 8.05. The molecule has 130 valence electrons. The Morgan fingerprint density at radius 1 is 1.17 bits per heavy atom. The molecule has 0 saturated heterocycles. The third kappa shape index (κ3) is 5.50. The van der Waals surface area contributed by atoms with Crippen LogP contribution in [0, 0.1) is 0 Å². The average molecular weight is 340 g/mol. The monoisotopic (exact) mass is 339 g/mol. The van der Waals surface area contributed by atoms with E-state index < -0.39 is 16.1 Å². The first-order valence-corrected chi connectivity index (χ1v) is 9.89. The molecule has 2 rings (SSSR count). The minimum atomic E-state index is -3.41. The summed E-state index contributed by atoms with van der Waals surface area (Å²) >= 11 is 0. The molecule has 1 aromatic carbocycles. The molecular formula is C18H29NO3S. The zero-order valence-electron chi connectivity index (χ0n) is 15.3. The van der Waals surface area contributed by atoms with Gasteiger partial charge in [0.1, 0.15) is 0 Å². The molecule has 0 amide bonds. The molecule has 4 nitrogen and oxygen atoms in total. The summed E-state index contributed by atoms with van der Waals surface area (Å²) in [5.74, 6) is -0.106. The van der Waals surface area contributed by atoms with Crippen LogP contribution in [0.25, 0.3) is 6.08 Å². The topological polar surface area (TPSA) is 54.5 Å². The number of para-hydroxylation sites is 1. The van der Waals surface area contributed by atoms with Gasteiger partial charge >= 0.3 is 0 Å². The maximum Gasteiger partial charge on any atom is 0.232 e. The number of anilines is 1. The molecule has 5 heteroatoms. The Morgan fingerprint density at radius 3 is 2.09 bits per heavy atom. The molecule has 0 radical (unpaired) electrons. The van der Waals surface area contributed by atoms with E-state index in [9.17, 15) is 13.2 Å². The molecule has 23 heavy (non-hydrogen) atoms. The fourth-order valence-electron chi connectivity index (χ4n) is 2.30. The Bertz CT molecular complexity index is 648. The SMILES string of the molecule is CC.CC(=O)C1=Cc2ccccc2N(S(C)(=O)=O)[C@@H]1C.CCC. The van der Waals surface area contributed by atoms with Gasteiger partial charge in [-0.05, 0) is 31.6 Å². The van der Waals surface area contributed by atoms with Crippen molar-refractivity contribution in [1.82, 2.24) is 0 Å². The van der Waals surface area contributed by atoms with E-state index >= 15 is 0 Å². The summed E-state index contributed by atoms with van der Waals surface area (Å²) < 4.78 is 25.1. The molecule has 1 aliphatic rings. The third-order valence-electron chi connectivity index (χ3n) is 3.05. The second-order valence-corrected chi connectivity index (χ2v) is 7.02. The van der Waals surface area contributed by atoms with Crippen LogP contribution in [0.4, 0.5) is 5.69 Å². The number of sulfonamides is 1. The van der Waals surface area contributed by atoms with Gasteiger partial charge < -0.3 is 0 Å². The fourth-order valence-corrected chi connectivity index (χ4v) is 3.51. The van der Waals surface area contributed by atoms with Gasteiger partial charge in [0.15, 0.2) is 5.78 Å². The Morgan fingerprint density at radius 2 is 1.65 bits per heavy atom. The molecule has 1 aromatic rings. The highest BCUT2D eigenvalue weighted by Gasteiger charge is 2.32. The van der Waals surface area contributed by atoms with Gasteiger partial charge in [0.25, 0.3) is 0 Å². The van der Waals surface area contributed by atoms with Crippen molar-refractivity contribution in [3.8, 4) is 0 Å². The van der Waals surface area contributed by atoms with E-state index in [-0.39, 0.29) is 5.78 Å². The highest BCUT2D eigenvalue weighted by molar-refractivity contribution is 7.92. The van der Waals surface area contributed by atoms with Crippen LogP contribution in [-0.2, 0) is 14.8 Å². The van der Waals surface area contributed by atoms with Gasteiger partial charge in [-0.25, -0.2) is 8.42 Å². The number of ketones is 1. The number of hydrogen-bond acceptors (Lipinski definition) is 3. The minimum Gasteiger partial charge on any atom is -0.295 e. The zero-order chi connectivity index (χ0) is 18.2. The van der Waals surface area contributed by atoms with E-state index in [0.29, 0.717) is 11.3 Å². The fraction of sp³-hybridized carbons (Fsp3) is 0.500. The second kappa shape index (κ2) is 9.50. The van der Waals surface area contributed by atoms with E-state index in [2.05, 4.69) is 13.8 Å². The predicted molar refractivity (Wildman–Crippen MR) is 99.2 cm³/mol. The van der Waals surface area contributed by atoms with Crippen LogP contribution < -0.4 is 4.31 Å². The molecule has 0 bridgehead atoms. The van der Waals surface area contributed by atoms with Gasteiger partial charge in [-0.1, -0.05) is 52.3 Å². The lowest BCUT2D eigenvalue weighted by molar-refractivity contribution is -0.113. The lowest BCUT2D eigenvalue weighted by Crippen LogP contribution is -2.42. The average Bonchev–Trinajstić information content (AvgIpc) is 2.47. The van der Waals surface area contributed by atoms with Crippen LogP contribution >= 0.6 is 0 Å². The Labute approximate surface area is 141 Å². The summed E-state index contributed by atoms with van der Waals surface area (Å²) in [6, 6.07) is 6.70. The van der Waals surface area contributed by atoms with Gasteiger partial charge in [-0.15, -0.1) is 0 Å². The van der Waals surface area contributed by atoms with Crippen LogP contribution in [0.15, 0.2) is 29.8 Å². The van der Waals surface area contributed by atoms with Gasteiger partial charge in [0.05, 0.1) is 18.0 Å². The molecular weight excluding hydrogens is 310 g/mol. The summed E-state index contributed by atoms with van der Waals surface area (Å²) in [4.78, 5) is 11.6. The third-order valence-corrected chi connectivity index (χ3v) is 4.28. The maximum absolute atomic E-state index is 11.9. The van der Waals surface area contributed by atoms with Crippen molar-refractivity contribution in [3.63, 3.8) is 0 Å². The summed E-state index contributed by atoms with van der Waals surface area (Å²) in [6.07, 6.45) is 4.17. The van der Waals surface area contributed by atoms with Crippen LogP contribution in [0.1, 0.15) is 53.5 Å². The molecule has 0 unspecified atom stereocenters. The molecule has 0 N–H and O–H groups in total. The first-order chi connectivity index (χ1) is 10.7. The molecule has 1 atom stereocenters. The maximum atomic E-state index is 11.9. The van der Waals surface area contributed by atoms with E-state index in [4.69, 9.17) is 0 Å². The second-order valence-electron chi connectivity index (χ2n) is 5.16. The normalized spacial score (nSPS) is 16.0. The van der Waals surface area contributed by atoms with Crippen LogP contribution in [0.2, 0.25) is 0 Å². The predicted octanol–water partition coefficient (Wildman–Crippen LogP) is 4.27. The number of carbonyl (C=O) groups excluding carboxylic acids is 1. The zero-order valence-corrected chi connectivity index (χ0v) is 16.1.